The minimum absolute atomic E-state index is 0.185. The second-order valence-electron chi connectivity index (χ2n) is 3.93. The van der Waals surface area contributed by atoms with E-state index in [1.54, 1.807) is 0 Å². The molecule has 0 heterocycles. The van der Waals surface area contributed by atoms with Crippen molar-refractivity contribution in [3.63, 3.8) is 0 Å². The number of hydrogen-bond acceptors (Lipinski definition) is 0. The van der Waals surface area contributed by atoms with E-state index in [4.69, 9.17) is 11.6 Å². The summed E-state index contributed by atoms with van der Waals surface area (Å²) in [5, 5.41) is 0. The maximum absolute atomic E-state index is 5.92. The fraction of sp³-hybridized carbons (Fsp3) is 0.429. The molecule has 1 heteroatoms. The summed E-state index contributed by atoms with van der Waals surface area (Å²) in [5.74, 6) is 0.705. The highest BCUT2D eigenvalue weighted by Gasteiger charge is 2.27. The van der Waals surface area contributed by atoms with E-state index in [-0.39, 0.29) is 5.41 Å². The molecule has 0 aromatic heterocycles. The fourth-order valence-electron chi connectivity index (χ4n) is 2.14. The highest BCUT2D eigenvalue weighted by molar-refractivity contribution is 6.17. The van der Waals surface area contributed by atoms with Gasteiger partial charge in [0.15, 0.2) is 0 Å². The Morgan fingerprint density at radius 2 is 2.00 bits per heavy atom. The Kier molecular flexibility index (Phi) is 4.90. The standard InChI is InChI=1S/C14H19Cl/c1-3-10-14(4-2,11-12-15)13-8-6-5-7-9-13/h3,5-9H,1,4,10-12H2,2H3. The summed E-state index contributed by atoms with van der Waals surface area (Å²) in [4.78, 5) is 0. The van der Waals surface area contributed by atoms with Gasteiger partial charge in [0, 0.05) is 5.88 Å². The van der Waals surface area contributed by atoms with Gasteiger partial charge in [-0.05, 0) is 30.2 Å². The summed E-state index contributed by atoms with van der Waals surface area (Å²) in [6, 6.07) is 10.6. The van der Waals surface area contributed by atoms with Crippen LogP contribution in [0.3, 0.4) is 0 Å². The molecule has 1 atom stereocenters. The van der Waals surface area contributed by atoms with E-state index in [0.29, 0.717) is 5.88 Å². The third-order valence-corrected chi connectivity index (χ3v) is 3.36. The number of alkyl halides is 1. The Bertz CT molecular complexity index is 291. The van der Waals surface area contributed by atoms with Gasteiger partial charge in [0.25, 0.3) is 0 Å². The lowest BCUT2D eigenvalue weighted by Gasteiger charge is -2.32. The van der Waals surface area contributed by atoms with Crippen LogP contribution in [0.15, 0.2) is 43.0 Å². The minimum Gasteiger partial charge on any atom is -0.127 e. The van der Waals surface area contributed by atoms with Crippen molar-refractivity contribution in [3.05, 3.63) is 48.6 Å². The van der Waals surface area contributed by atoms with Crippen LogP contribution in [-0.2, 0) is 5.41 Å². The van der Waals surface area contributed by atoms with Crippen molar-refractivity contribution in [2.24, 2.45) is 0 Å². The first kappa shape index (κ1) is 12.3. The lowest BCUT2D eigenvalue weighted by Crippen LogP contribution is -2.25. The van der Waals surface area contributed by atoms with E-state index in [1.165, 1.54) is 5.56 Å². The lowest BCUT2D eigenvalue weighted by molar-refractivity contribution is 0.402. The van der Waals surface area contributed by atoms with Gasteiger partial charge in [-0.15, -0.1) is 18.2 Å². The van der Waals surface area contributed by atoms with Crippen LogP contribution in [0.5, 0.6) is 0 Å². The summed E-state index contributed by atoms with van der Waals surface area (Å²) < 4.78 is 0. The summed E-state index contributed by atoms with van der Waals surface area (Å²) in [6.45, 7) is 6.08. The highest BCUT2D eigenvalue weighted by Crippen LogP contribution is 2.35. The molecule has 0 aliphatic heterocycles. The SMILES string of the molecule is C=CCC(CC)(CCCl)c1ccccc1. The monoisotopic (exact) mass is 222 g/mol. The Balaban J connectivity index is 3.02. The molecule has 0 saturated heterocycles. The van der Waals surface area contributed by atoms with Crippen molar-refractivity contribution in [3.8, 4) is 0 Å². The molecule has 1 aromatic carbocycles. The fourth-order valence-corrected chi connectivity index (χ4v) is 2.50. The molecule has 0 spiro atoms. The van der Waals surface area contributed by atoms with Gasteiger partial charge in [-0.1, -0.05) is 43.3 Å². The molecule has 1 unspecified atom stereocenters. The molecule has 82 valence electrons. The quantitative estimate of drug-likeness (QED) is 0.490. The molecular weight excluding hydrogens is 204 g/mol. The Morgan fingerprint density at radius 1 is 1.33 bits per heavy atom. The third kappa shape index (κ3) is 2.85. The van der Waals surface area contributed by atoms with Crippen molar-refractivity contribution in [2.75, 3.05) is 5.88 Å². The number of hydrogen-bond donors (Lipinski definition) is 0. The molecule has 0 saturated carbocycles. The number of benzene rings is 1. The average molecular weight is 223 g/mol. The first-order valence-electron chi connectivity index (χ1n) is 5.51. The Labute approximate surface area is 98.0 Å². The zero-order valence-corrected chi connectivity index (χ0v) is 10.1. The first-order valence-corrected chi connectivity index (χ1v) is 6.05. The van der Waals surface area contributed by atoms with Crippen LogP contribution in [0.2, 0.25) is 0 Å². The molecule has 0 N–H and O–H groups in total. The molecule has 15 heavy (non-hydrogen) atoms. The molecule has 0 amide bonds. The third-order valence-electron chi connectivity index (χ3n) is 3.17. The van der Waals surface area contributed by atoms with Crippen molar-refractivity contribution < 1.29 is 0 Å². The normalized spacial score (nSPS) is 14.5. The van der Waals surface area contributed by atoms with E-state index >= 15 is 0 Å². The van der Waals surface area contributed by atoms with Gasteiger partial charge in [-0.2, -0.15) is 0 Å². The number of rotatable bonds is 6. The predicted octanol–water partition coefficient (Wildman–Crippen LogP) is 4.54. The van der Waals surface area contributed by atoms with E-state index in [0.717, 1.165) is 19.3 Å². The molecule has 0 fully saturated rings. The van der Waals surface area contributed by atoms with Crippen LogP contribution in [0.4, 0.5) is 0 Å². The van der Waals surface area contributed by atoms with Gasteiger partial charge in [0.1, 0.15) is 0 Å². The molecule has 0 aliphatic carbocycles. The van der Waals surface area contributed by atoms with E-state index in [2.05, 4.69) is 43.8 Å². The highest BCUT2D eigenvalue weighted by atomic mass is 35.5. The lowest BCUT2D eigenvalue weighted by atomic mass is 9.73. The molecule has 0 radical (unpaired) electrons. The van der Waals surface area contributed by atoms with Gasteiger partial charge in [0.2, 0.25) is 0 Å². The minimum atomic E-state index is 0.185. The predicted molar refractivity (Wildman–Crippen MR) is 68.6 cm³/mol. The summed E-state index contributed by atoms with van der Waals surface area (Å²) in [7, 11) is 0. The number of allylic oxidation sites excluding steroid dienone is 1. The Morgan fingerprint density at radius 3 is 2.47 bits per heavy atom. The van der Waals surface area contributed by atoms with Crippen LogP contribution < -0.4 is 0 Å². The first-order chi connectivity index (χ1) is 7.29. The van der Waals surface area contributed by atoms with E-state index in [1.807, 2.05) is 6.08 Å². The molecule has 0 bridgehead atoms. The second kappa shape index (κ2) is 5.97. The van der Waals surface area contributed by atoms with Gasteiger partial charge in [0.05, 0.1) is 0 Å². The molecule has 0 nitrogen and oxygen atoms in total. The topological polar surface area (TPSA) is 0 Å². The zero-order valence-electron chi connectivity index (χ0n) is 9.38. The molecular formula is C14H19Cl. The van der Waals surface area contributed by atoms with Crippen LogP contribution >= 0.6 is 11.6 Å². The summed E-state index contributed by atoms with van der Waals surface area (Å²) in [5.41, 5.74) is 1.57. The Hall–Kier alpha value is -0.750. The maximum Gasteiger partial charge on any atom is 0.0232 e. The van der Waals surface area contributed by atoms with Crippen LogP contribution in [0.25, 0.3) is 0 Å². The van der Waals surface area contributed by atoms with Gasteiger partial charge in [-0.3, -0.25) is 0 Å². The van der Waals surface area contributed by atoms with Crippen LogP contribution in [-0.4, -0.2) is 5.88 Å². The summed E-state index contributed by atoms with van der Waals surface area (Å²) >= 11 is 5.92. The van der Waals surface area contributed by atoms with E-state index in [9.17, 15) is 0 Å². The molecule has 1 aromatic rings. The molecule has 1 rings (SSSR count). The average Bonchev–Trinajstić information content (AvgIpc) is 2.30. The number of halogens is 1. The van der Waals surface area contributed by atoms with Crippen molar-refractivity contribution >= 4 is 11.6 Å². The van der Waals surface area contributed by atoms with Crippen molar-refractivity contribution in [1.82, 2.24) is 0 Å². The largest absolute Gasteiger partial charge is 0.127 e. The van der Waals surface area contributed by atoms with Crippen molar-refractivity contribution in [1.29, 1.82) is 0 Å². The van der Waals surface area contributed by atoms with Crippen molar-refractivity contribution in [2.45, 2.75) is 31.6 Å². The van der Waals surface area contributed by atoms with E-state index < -0.39 is 0 Å². The zero-order chi connectivity index (χ0) is 11.1. The van der Waals surface area contributed by atoms with Gasteiger partial charge >= 0.3 is 0 Å². The molecule has 0 aliphatic rings. The summed E-state index contributed by atoms with van der Waals surface area (Å²) in [6.07, 6.45) is 5.13. The maximum atomic E-state index is 5.92. The smallest absolute Gasteiger partial charge is 0.0232 e. The van der Waals surface area contributed by atoms with Gasteiger partial charge < -0.3 is 0 Å². The van der Waals surface area contributed by atoms with Crippen LogP contribution in [0, 0.1) is 0 Å². The van der Waals surface area contributed by atoms with Crippen LogP contribution in [0.1, 0.15) is 31.7 Å². The second-order valence-corrected chi connectivity index (χ2v) is 4.31. The van der Waals surface area contributed by atoms with Gasteiger partial charge in [-0.25, -0.2) is 0 Å².